The first-order valence-electron chi connectivity index (χ1n) is 5.94. The molecule has 1 atom stereocenters. The van der Waals surface area contributed by atoms with E-state index in [0.29, 0.717) is 0 Å². The zero-order valence-corrected chi connectivity index (χ0v) is 11.7. The molecule has 0 aliphatic carbocycles. The van der Waals surface area contributed by atoms with Crippen molar-refractivity contribution >= 4 is 32.8 Å². The fourth-order valence-corrected chi connectivity index (χ4v) is 3.97. The van der Waals surface area contributed by atoms with Gasteiger partial charge in [0, 0.05) is 20.9 Å². The third-order valence-electron chi connectivity index (χ3n) is 3.03. The number of rotatable bonds is 4. The summed E-state index contributed by atoms with van der Waals surface area (Å²) in [4.78, 5) is 2.42. The predicted octanol–water partition coefficient (Wildman–Crippen LogP) is 3.85. The van der Waals surface area contributed by atoms with E-state index in [9.17, 15) is 4.39 Å². The van der Waals surface area contributed by atoms with Gasteiger partial charge < -0.3 is 0 Å². The van der Waals surface area contributed by atoms with Crippen molar-refractivity contribution in [1.82, 2.24) is 5.43 Å². The molecular formula is C14H13FN2S2. The molecule has 0 saturated heterocycles. The van der Waals surface area contributed by atoms with E-state index in [4.69, 9.17) is 5.84 Å². The van der Waals surface area contributed by atoms with Crippen LogP contribution < -0.4 is 11.3 Å². The highest BCUT2D eigenvalue weighted by Gasteiger charge is 2.14. The molecule has 3 aromatic rings. The molecule has 0 fully saturated rings. The molecule has 3 N–H and O–H groups in total. The van der Waals surface area contributed by atoms with Gasteiger partial charge in [-0.2, -0.15) is 0 Å². The minimum absolute atomic E-state index is 0.0686. The molecule has 0 radical (unpaired) electrons. The number of hydrogen-bond acceptors (Lipinski definition) is 4. The SMILES string of the molecule is NNC(Cc1cccs1)c1cc2ccc(F)cc2s1. The van der Waals surface area contributed by atoms with Crippen molar-refractivity contribution in [2.24, 2.45) is 5.84 Å². The smallest absolute Gasteiger partial charge is 0.124 e. The van der Waals surface area contributed by atoms with Crippen LogP contribution in [0.25, 0.3) is 10.1 Å². The van der Waals surface area contributed by atoms with Gasteiger partial charge in [0.05, 0.1) is 6.04 Å². The number of halogens is 1. The van der Waals surface area contributed by atoms with Gasteiger partial charge >= 0.3 is 0 Å². The third-order valence-corrected chi connectivity index (χ3v) is 5.14. The van der Waals surface area contributed by atoms with Gasteiger partial charge in [0.2, 0.25) is 0 Å². The summed E-state index contributed by atoms with van der Waals surface area (Å²) in [5.41, 5.74) is 2.86. The summed E-state index contributed by atoms with van der Waals surface area (Å²) < 4.78 is 14.2. The van der Waals surface area contributed by atoms with Crippen LogP contribution >= 0.6 is 22.7 Å². The second-order valence-electron chi connectivity index (χ2n) is 4.33. The van der Waals surface area contributed by atoms with Crippen molar-refractivity contribution in [3.05, 3.63) is 57.3 Å². The Bertz CT molecular complexity index is 676. The Balaban J connectivity index is 1.92. The van der Waals surface area contributed by atoms with E-state index in [0.717, 1.165) is 21.4 Å². The molecule has 0 spiro atoms. The Morgan fingerprint density at radius 2 is 2.16 bits per heavy atom. The van der Waals surface area contributed by atoms with Crippen LogP contribution in [0.3, 0.4) is 0 Å². The number of nitrogens with two attached hydrogens (primary N) is 1. The standard InChI is InChI=1S/C14H13FN2S2/c15-10-4-3-9-6-14(19-13(9)7-10)12(17-16)8-11-2-1-5-18-11/h1-7,12,17H,8,16H2. The van der Waals surface area contributed by atoms with Crippen molar-refractivity contribution in [1.29, 1.82) is 0 Å². The highest BCUT2D eigenvalue weighted by atomic mass is 32.1. The first-order chi connectivity index (χ1) is 9.26. The van der Waals surface area contributed by atoms with E-state index in [2.05, 4.69) is 22.9 Å². The Kier molecular flexibility index (Phi) is 3.61. The summed E-state index contributed by atoms with van der Waals surface area (Å²) in [6, 6.07) is 11.2. The Morgan fingerprint density at radius 1 is 1.26 bits per heavy atom. The van der Waals surface area contributed by atoms with Crippen molar-refractivity contribution in [3.63, 3.8) is 0 Å². The van der Waals surface area contributed by atoms with E-state index in [1.807, 2.05) is 12.1 Å². The lowest BCUT2D eigenvalue weighted by Gasteiger charge is -2.12. The first kappa shape index (κ1) is 12.7. The van der Waals surface area contributed by atoms with Crippen LogP contribution in [0.1, 0.15) is 15.8 Å². The molecule has 1 unspecified atom stereocenters. The van der Waals surface area contributed by atoms with E-state index in [1.165, 1.54) is 10.9 Å². The second-order valence-corrected chi connectivity index (χ2v) is 6.48. The number of fused-ring (bicyclic) bond motifs is 1. The minimum Gasteiger partial charge on any atom is -0.271 e. The maximum absolute atomic E-state index is 13.2. The molecular weight excluding hydrogens is 279 g/mol. The molecule has 98 valence electrons. The zero-order chi connectivity index (χ0) is 13.2. The Hall–Kier alpha value is -1.27. The zero-order valence-electron chi connectivity index (χ0n) is 10.1. The number of thiophene rings is 2. The Labute approximate surface area is 118 Å². The second kappa shape index (κ2) is 5.38. The maximum Gasteiger partial charge on any atom is 0.124 e. The van der Waals surface area contributed by atoms with Gasteiger partial charge in [-0.1, -0.05) is 12.1 Å². The quantitative estimate of drug-likeness (QED) is 0.566. The van der Waals surface area contributed by atoms with Gasteiger partial charge in [-0.3, -0.25) is 11.3 Å². The molecule has 3 rings (SSSR count). The number of hydrazine groups is 1. The van der Waals surface area contributed by atoms with Gasteiger partial charge in [-0.05, 0) is 35.0 Å². The summed E-state index contributed by atoms with van der Waals surface area (Å²) in [5.74, 6) is 5.46. The summed E-state index contributed by atoms with van der Waals surface area (Å²) in [5, 5.41) is 3.12. The van der Waals surface area contributed by atoms with Crippen molar-refractivity contribution in [2.45, 2.75) is 12.5 Å². The highest BCUT2D eigenvalue weighted by Crippen LogP contribution is 2.32. The van der Waals surface area contributed by atoms with Crippen LogP contribution in [0.5, 0.6) is 0 Å². The lowest BCUT2D eigenvalue weighted by molar-refractivity contribution is 0.564. The van der Waals surface area contributed by atoms with Crippen LogP contribution in [0.4, 0.5) is 4.39 Å². The molecule has 19 heavy (non-hydrogen) atoms. The summed E-state index contributed by atoms with van der Waals surface area (Å²) in [6.07, 6.45) is 0.851. The highest BCUT2D eigenvalue weighted by molar-refractivity contribution is 7.19. The van der Waals surface area contributed by atoms with E-state index < -0.39 is 0 Å². The monoisotopic (exact) mass is 292 g/mol. The van der Waals surface area contributed by atoms with Crippen LogP contribution in [0.15, 0.2) is 41.8 Å². The van der Waals surface area contributed by atoms with E-state index >= 15 is 0 Å². The van der Waals surface area contributed by atoms with Gasteiger partial charge in [0.1, 0.15) is 5.82 Å². The molecule has 0 aliphatic heterocycles. The largest absolute Gasteiger partial charge is 0.271 e. The Morgan fingerprint density at radius 3 is 2.89 bits per heavy atom. The third kappa shape index (κ3) is 2.69. The summed E-state index contributed by atoms with van der Waals surface area (Å²) in [6.45, 7) is 0. The first-order valence-corrected chi connectivity index (χ1v) is 7.63. The molecule has 2 nitrogen and oxygen atoms in total. The van der Waals surface area contributed by atoms with Crippen molar-refractivity contribution < 1.29 is 4.39 Å². The summed E-state index contributed by atoms with van der Waals surface area (Å²) >= 11 is 3.31. The fraction of sp³-hybridized carbons (Fsp3) is 0.143. The van der Waals surface area contributed by atoms with Gasteiger partial charge in [0.15, 0.2) is 0 Å². The fourth-order valence-electron chi connectivity index (χ4n) is 2.07. The minimum atomic E-state index is -0.198. The maximum atomic E-state index is 13.2. The van der Waals surface area contributed by atoms with Crippen LogP contribution in [0, 0.1) is 5.82 Å². The predicted molar refractivity (Wildman–Crippen MR) is 79.9 cm³/mol. The van der Waals surface area contributed by atoms with Gasteiger partial charge in [-0.15, -0.1) is 22.7 Å². The lowest BCUT2D eigenvalue weighted by Crippen LogP contribution is -2.28. The van der Waals surface area contributed by atoms with Crippen molar-refractivity contribution in [3.8, 4) is 0 Å². The van der Waals surface area contributed by atoms with Crippen LogP contribution in [-0.4, -0.2) is 0 Å². The van der Waals surface area contributed by atoms with Gasteiger partial charge in [0.25, 0.3) is 0 Å². The van der Waals surface area contributed by atoms with Gasteiger partial charge in [-0.25, -0.2) is 4.39 Å². The molecule has 2 aromatic heterocycles. The molecule has 2 heterocycles. The summed E-state index contributed by atoms with van der Waals surface area (Å²) in [7, 11) is 0. The number of benzene rings is 1. The van der Waals surface area contributed by atoms with E-state index in [1.54, 1.807) is 28.7 Å². The number of nitrogens with one attached hydrogen (secondary N) is 1. The average molecular weight is 292 g/mol. The molecule has 0 amide bonds. The van der Waals surface area contributed by atoms with Crippen molar-refractivity contribution in [2.75, 3.05) is 0 Å². The number of hydrogen-bond donors (Lipinski definition) is 2. The normalized spacial score (nSPS) is 12.9. The molecule has 5 heteroatoms. The van der Waals surface area contributed by atoms with Crippen LogP contribution in [0.2, 0.25) is 0 Å². The topological polar surface area (TPSA) is 38.0 Å². The lowest BCUT2D eigenvalue weighted by atomic mass is 10.1. The van der Waals surface area contributed by atoms with Crippen LogP contribution in [-0.2, 0) is 6.42 Å². The molecule has 0 saturated carbocycles. The average Bonchev–Trinajstić information content (AvgIpc) is 3.03. The molecule has 1 aromatic carbocycles. The molecule has 0 bridgehead atoms. The molecule has 0 aliphatic rings. The van der Waals surface area contributed by atoms with E-state index in [-0.39, 0.29) is 11.9 Å².